The van der Waals surface area contributed by atoms with Crippen LogP contribution in [-0.4, -0.2) is 33.2 Å². The van der Waals surface area contributed by atoms with E-state index in [1.165, 1.54) is 4.31 Å². The number of nitrogens with zero attached hydrogens (tertiary/aromatic N) is 1. The summed E-state index contributed by atoms with van der Waals surface area (Å²) in [4.78, 5) is 12.1. The van der Waals surface area contributed by atoms with Gasteiger partial charge in [-0.1, -0.05) is 19.8 Å². The summed E-state index contributed by atoms with van der Waals surface area (Å²) in [5.74, 6) is 0.00208. The van der Waals surface area contributed by atoms with Crippen LogP contribution in [0.5, 0.6) is 0 Å². The summed E-state index contributed by atoms with van der Waals surface area (Å²) in [5.41, 5.74) is 2.24. The van der Waals surface area contributed by atoms with E-state index >= 15 is 0 Å². The van der Waals surface area contributed by atoms with Gasteiger partial charge in [-0.2, -0.15) is 0 Å². The summed E-state index contributed by atoms with van der Waals surface area (Å²) in [6, 6.07) is 5.27. The van der Waals surface area contributed by atoms with Crippen molar-refractivity contribution in [3.8, 4) is 0 Å². The highest BCUT2D eigenvalue weighted by Crippen LogP contribution is 2.31. The van der Waals surface area contributed by atoms with E-state index in [2.05, 4.69) is 12.2 Å². The maximum Gasteiger partial charge on any atom is 0.251 e. The molecule has 1 N–H and O–H groups in total. The predicted octanol–water partition coefficient (Wildman–Crippen LogP) is 2.32. The number of carbonyl (C=O) groups is 1. The second kappa shape index (κ2) is 7.13. The highest BCUT2D eigenvalue weighted by atomic mass is 32.2. The van der Waals surface area contributed by atoms with Gasteiger partial charge in [0.2, 0.25) is 10.0 Å². The molecule has 1 aromatic carbocycles. The van der Waals surface area contributed by atoms with Crippen molar-refractivity contribution in [2.24, 2.45) is 0 Å². The third-order valence-electron chi connectivity index (χ3n) is 3.96. The van der Waals surface area contributed by atoms with Crippen molar-refractivity contribution in [3.05, 3.63) is 29.3 Å². The highest BCUT2D eigenvalue weighted by Gasteiger charge is 2.28. The first-order valence-electron chi connectivity index (χ1n) is 7.91. The third kappa shape index (κ3) is 3.61. The average molecular weight is 324 g/mol. The van der Waals surface area contributed by atoms with Crippen molar-refractivity contribution < 1.29 is 13.2 Å². The summed E-state index contributed by atoms with van der Waals surface area (Å²) >= 11 is 0. The summed E-state index contributed by atoms with van der Waals surface area (Å²) in [7, 11) is -3.23. The van der Waals surface area contributed by atoms with Crippen LogP contribution in [0, 0.1) is 0 Å². The van der Waals surface area contributed by atoms with Crippen LogP contribution in [0.3, 0.4) is 0 Å². The molecule has 1 aromatic rings. The van der Waals surface area contributed by atoms with Crippen molar-refractivity contribution in [2.75, 3.05) is 23.1 Å². The maximum absolute atomic E-state index is 12.1. The second-order valence-electron chi connectivity index (χ2n) is 5.53. The molecule has 0 fully saturated rings. The van der Waals surface area contributed by atoms with Crippen LogP contribution >= 0.6 is 0 Å². The molecule has 22 heavy (non-hydrogen) atoms. The smallest absolute Gasteiger partial charge is 0.251 e. The molecule has 0 spiro atoms. The normalized spacial score (nSPS) is 14.0. The van der Waals surface area contributed by atoms with Gasteiger partial charge in [0.1, 0.15) is 0 Å². The molecular formula is C16H24N2O3S. The number of benzene rings is 1. The minimum Gasteiger partial charge on any atom is -0.352 e. The van der Waals surface area contributed by atoms with Gasteiger partial charge in [0.05, 0.1) is 11.4 Å². The van der Waals surface area contributed by atoms with E-state index in [9.17, 15) is 13.2 Å². The number of rotatable bonds is 7. The number of unbranched alkanes of at least 4 members (excludes halogenated alkanes) is 2. The molecule has 0 unspecified atom stereocenters. The molecule has 0 aliphatic carbocycles. The first-order chi connectivity index (χ1) is 10.5. The quantitative estimate of drug-likeness (QED) is 0.783. The van der Waals surface area contributed by atoms with Crippen LogP contribution < -0.4 is 9.62 Å². The van der Waals surface area contributed by atoms with Gasteiger partial charge in [-0.3, -0.25) is 9.10 Å². The lowest BCUT2D eigenvalue weighted by Gasteiger charge is -2.18. The number of hydrogen-bond donors (Lipinski definition) is 1. The Morgan fingerprint density at radius 1 is 1.27 bits per heavy atom. The summed E-state index contributed by atoms with van der Waals surface area (Å²) < 4.78 is 25.5. The second-order valence-corrected chi connectivity index (χ2v) is 7.71. The van der Waals surface area contributed by atoms with Gasteiger partial charge in [-0.15, -0.1) is 0 Å². The van der Waals surface area contributed by atoms with Crippen LogP contribution in [0.1, 0.15) is 49.0 Å². The van der Waals surface area contributed by atoms with E-state index in [0.29, 0.717) is 30.8 Å². The lowest BCUT2D eigenvalue weighted by atomic mass is 10.1. The Bertz CT molecular complexity index is 641. The van der Waals surface area contributed by atoms with Gasteiger partial charge in [0.15, 0.2) is 0 Å². The summed E-state index contributed by atoms with van der Waals surface area (Å²) in [6.45, 7) is 4.91. The average Bonchev–Trinajstić information content (AvgIpc) is 2.95. The molecule has 122 valence electrons. The molecule has 1 heterocycles. The van der Waals surface area contributed by atoms with Gasteiger partial charge in [0.25, 0.3) is 5.91 Å². The molecule has 0 saturated carbocycles. The van der Waals surface area contributed by atoms with Crippen LogP contribution in [0.15, 0.2) is 18.2 Å². The fourth-order valence-corrected chi connectivity index (χ4v) is 3.80. The van der Waals surface area contributed by atoms with Crippen molar-refractivity contribution >= 4 is 21.6 Å². The molecule has 0 radical (unpaired) electrons. The molecule has 0 aromatic heterocycles. The first kappa shape index (κ1) is 16.8. The zero-order chi connectivity index (χ0) is 16.2. The van der Waals surface area contributed by atoms with E-state index < -0.39 is 10.0 Å². The highest BCUT2D eigenvalue weighted by molar-refractivity contribution is 7.92. The molecule has 5 nitrogen and oxygen atoms in total. The summed E-state index contributed by atoms with van der Waals surface area (Å²) in [5, 5.41) is 2.91. The largest absolute Gasteiger partial charge is 0.352 e. The Morgan fingerprint density at radius 3 is 2.73 bits per heavy atom. The van der Waals surface area contributed by atoms with Gasteiger partial charge in [-0.05, 0) is 43.5 Å². The number of fused-ring (bicyclic) bond motifs is 1. The van der Waals surface area contributed by atoms with Gasteiger partial charge in [-0.25, -0.2) is 8.42 Å². The lowest BCUT2D eigenvalue weighted by molar-refractivity contribution is 0.0953. The fourth-order valence-electron chi connectivity index (χ4n) is 2.64. The monoisotopic (exact) mass is 324 g/mol. The first-order valence-corrected chi connectivity index (χ1v) is 9.52. The van der Waals surface area contributed by atoms with Crippen LogP contribution in [0.4, 0.5) is 5.69 Å². The number of hydrogen-bond acceptors (Lipinski definition) is 3. The Balaban J connectivity index is 2.09. The van der Waals surface area contributed by atoms with Crippen molar-refractivity contribution in [1.29, 1.82) is 0 Å². The predicted molar refractivity (Wildman–Crippen MR) is 88.8 cm³/mol. The van der Waals surface area contributed by atoms with Crippen LogP contribution in [0.2, 0.25) is 0 Å². The Hall–Kier alpha value is -1.56. The minimum atomic E-state index is -3.23. The van der Waals surface area contributed by atoms with Gasteiger partial charge in [0, 0.05) is 18.7 Å². The molecule has 1 aliphatic rings. The molecular weight excluding hydrogens is 300 g/mol. The van der Waals surface area contributed by atoms with Crippen LogP contribution in [-0.2, 0) is 16.4 Å². The van der Waals surface area contributed by atoms with Crippen molar-refractivity contribution in [2.45, 2.75) is 39.5 Å². The number of amides is 1. The number of anilines is 1. The SMILES string of the molecule is CCCCCNC(=O)c1ccc2c(c1)CCN2S(=O)(=O)CC. The lowest BCUT2D eigenvalue weighted by Crippen LogP contribution is -2.30. The van der Waals surface area contributed by atoms with E-state index in [4.69, 9.17) is 0 Å². The Labute approximate surface area is 132 Å². The van der Waals surface area contributed by atoms with E-state index in [1.54, 1.807) is 19.1 Å². The van der Waals surface area contributed by atoms with Crippen molar-refractivity contribution in [1.82, 2.24) is 5.32 Å². The number of sulfonamides is 1. The fraction of sp³-hybridized carbons (Fsp3) is 0.562. The topological polar surface area (TPSA) is 66.5 Å². The number of carbonyl (C=O) groups excluding carboxylic acids is 1. The molecule has 2 rings (SSSR count). The molecule has 0 atom stereocenters. The van der Waals surface area contributed by atoms with E-state index in [0.717, 1.165) is 24.8 Å². The molecule has 1 amide bonds. The van der Waals surface area contributed by atoms with E-state index in [1.807, 2.05) is 6.07 Å². The molecule has 0 saturated heterocycles. The van der Waals surface area contributed by atoms with Gasteiger partial charge >= 0.3 is 0 Å². The third-order valence-corrected chi connectivity index (χ3v) is 5.74. The van der Waals surface area contributed by atoms with Crippen LogP contribution in [0.25, 0.3) is 0 Å². The van der Waals surface area contributed by atoms with Crippen molar-refractivity contribution in [3.63, 3.8) is 0 Å². The Morgan fingerprint density at radius 2 is 2.05 bits per heavy atom. The zero-order valence-corrected chi connectivity index (χ0v) is 14.1. The number of nitrogens with one attached hydrogen (secondary N) is 1. The molecule has 6 heteroatoms. The minimum absolute atomic E-state index is 0.0873. The summed E-state index contributed by atoms with van der Waals surface area (Å²) in [6.07, 6.45) is 3.87. The standard InChI is InChI=1S/C16H24N2O3S/c1-3-5-6-10-17-16(19)14-7-8-15-13(12-14)9-11-18(15)22(20,21)4-2/h7-8,12H,3-6,9-11H2,1-2H3,(H,17,19). The maximum atomic E-state index is 12.1. The van der Waals surface area contributed by atoms with Gasteiger partial charge < -0.3 is 5.32 Å². The Kier molecular flexibility index (Phi) is 5.45. The zero-order valence-electron chi connectivity index (χ0n) is 13.3. The van der Waals surface area contributed by atoms with E-state index in [-0.39, 0.29) is 11.7 Å². The molecule has 0 bridgehead atoms. The molecule has 1 aliphatic heterocycles.